The molecule has 0 saturated carbocycles. The van der Waals surface area contributed by atoms with Gasteiger partial charge in [0.25, 0.3) is 0 Å². The minimum absolute atomic E-state index is 0.105. The van der Waals surface area contributed by atoms with Crippen molar-refractivity contribution in [3.63, 3.8) is 0 Å². The average Bonchev–Trinajstić information content (AvgIpc) is 2.46. The van der Waals surface area contributed by atoms with E-state index in [1.807, 2.05) is 0 Å². The normalized spacial score (nSPS) is 11.1. The van der Waals surface area contributed by atoms with E-state index in [-0.39, 0.29) is 5.75 Å². The number of nitrogens with zero attached hydrogens (tertiary/aromatic N) is 1. The molecule has 0 heterocycles. The molecule has 2 aromatic rings. The fourth-order valence-corrected chi connectivity index (χ4v) is 3.19. The van der Waals surface area contributed by atoms with Crippen molar-refractivity contribution in [1.82, 2.24) is 0 Å². The van der Waals surface area contributed by atoms with Gasteiger partial charge in [0, 0.05) is 18.8 Å². The zero-order valence-corrected chi connectivity index (χ0v) is 12.8. The van der Waals surface area contributed by atoms with E-state index >= 15 is 0 Å². The summed E-state index contributed by atoms with van der Waals surface area (Å²) in [7, 11) is -0.420. The van der Waals surface area contributed by atoms with E-state index in [9.17, 15) is 8.42 Å². The summed E-state index contributed by atoms with van der Waals surface area (Å²) in [6, 6.07) is 13.8. The summed E-state index contributed by atoms with van der Waals surface area (Å²) in [4.78, 5) is 0. The monoisotopic (exact) mass is 306 g/mol. The second-order valence-electron chi connectivity index (χ2n) is 4.67. The number of sulfonamides is 1. The van der Waals surface area contributed by atoms with Gasteiger partial charge >= 0.3 is 0 Å². The number of ether oxygens (including phenoxy) is 1. The molecule has 0 aliphatic rings. The lowest BCUT2D eigenvalue weighted by molar-refractivity contribution is 0.415. The first-order valence-electron chi connectivity index (χ1n) is 6.37. The molecular formula is C15H18N2O3S. The molecule has 21 heavy (non-hydrogen) atoms. The molecule has 0 aromatic heterocycles. The smallest absolute Gasteiger partial charge is 0.239 e. The number of rotatable bonds is 5. The van der Waals surface area contributed by atoms with Crippen LogP contribution < -0.4 is 14.8 Å². The highest BCUT2D eigenvalue weighted by Crippen LogP contribution is 2.23. The van der Waals surface area contributed by atoms with Crippen LogP contribution in [0.2, 0.25) is 0 Å². The van der Waals surface area contributed by atoms with E-state index in [1.54, 1.807) is 55.6 Å². The minimum atomic E-state index is -3.49. The number of nitrogen functional groups attached to an aromatic ring is 1. The summed E-state index contributed by atoms with van der Waals surface area (Å²) in [5.41, 5.74) is 7.44. The predicted molar refractivity (Wildman–Crippen MR) is 84.9 cm³/mol. The molecule has 0 spiro atoms. The molecule has 0 amide bonds. The maximum Gasteiger partial charge on any atom is 0.239 e. The Morgan fingerprint density at radius 1 is 1.14 bits per heavy atom. The lowest BCUT2D eigenvalue weighted by Crippen LogP contribution is -2.27. The van der Waals surface area contributed by atoms with Crippen LogP contribution in [0.3, 0.4) is 0 Å². The number of hydrogen-bond donors (Lipinski definition) is 1. The molecule has 0 aliphatic carbocycles. The second kappa shape index (κ2) is 6.05. The van der Waals surface area contributed by atoms with E-state index in [4.69, 9.17) is 10.5 Å². The fourth-order valence-electron chi connectivity index (χ4n) is 1.96. The molecule has 2 rings (SSSR count). The quantitative estimate of drug-likeness (QED) is 0.860. The minimum Gasteiger partial charge on any atom is -0.497 e. The number of nitrogens with two attached hydrogens (primary N) is 1. The molecule has 2 N–H and O–H groups in total. The summed E-state index contributed by atoms with van der Waals surface area (Å²) >= 11 is 0. The van der Waals surface area contributed by atoms with Crippen molar-refractivity contribution in [1.29, 1.82) is 0 Å². The highest BCUT2D eigenvalue weighted by atomic mass is 32.2. The third-order valence-corrected chi connectivity index (χ3v) is 4.88. The van der Waals surface area contributed by atoms with Crippen LogP contribution in [0, 0.1) is 0 Å². The zero-order chi connectivity index (χ0) is 15.5. The standard InChI is InChI=1S/C15H18N2O3S/c1-17(14-7-4-8-15(10-14)20-2)21(18,19)11-12-5-3-6-13(16)9-12/h3-10H,11,16H2,1-2H3. The summed E-state index contributed by atoms with van der Waals surface area (Å²) in [5.74, 6) is 0.504. The van der Waals surface area contributed by atoms with Gasteiger partial charge < -0.3 is 10.5 Å². The largest absolute Gasteiger partial charge is 0.497 e. The van der Waals surface area contributed by atoms with Crippen LogP contribution in [0.4, 0.5) is 11.4 Å². The third kappa shape index (κ3) is 3.66. The van der Waals surface area contributed by atoms with Gasteiger partial charge in [0.1, 0.15) is 5.75 Å². The lowest BCUT2D eigenvalue weighted by atomic mass is 10.2. The van der Waals surface area contributed by atoms with E-state index in [0.717, 1.165) is 0 Å². The highest BCUT2D eigenvalue weighted by Gasteiger charge is 2.19. The fraction of sp³-hybridized carbons (Fsp3) is 0.200. The topological polar surface area (TPSA) is 72.6 Å². The zero-order valence-electron chi connectivity index (χ0n) is 12.0. The molecule has 0 radical (unpaired) electrons. The van der Waals surface area contributed by atoms with Gasteiger partial charge in [0.15, 0.2) is 0 Å². The van der Waals surface area contributed by atoms with Gasteiger partial charge in [-0.15, -0.1) is 0 Å². The molecule has 5 nitrogen and oxygen atoms in total. The maximum atomic E-state index is 12.5. The SMILES string of the molecule is COc1cccc(N(C)S(=O)(=O)Cc2cccc(N)c2)c1. The average molecular weight is 306 g/mol. The van der Waals surface area contributed by atoms with Crippen molar-refractivity contribution < 1.29 is 13.2 Å². The first-order valence-corrected chi connectivity index (χ1v) is 7.98. The van der Waals surface area contributed by atoms with Crippen molar-refractivity contribution in [3.8, 4) is 5.75 Å². The highest BCUT2D eigenvalue weighted by molar-refractivity contribution is 7.92. The van der Waals surface area contributed by atoms with E-state index in [2.05, 4.69) is 0 Å². The van der Waals surface area contributed by atoms with Gasteiger partial charge in [0.2, 0.25) is 10.0 Å². The van der Waals surface area contributed by atoms with Crippen LogP contribution in [0.25, 0.3) is 0 Å². The molecule has 2 aromatic carbocycles. The van der Waals surface area contributed by atoms with Gasteiger partial charge in [-0.3, -0.25) is 4.31 Å². The Labute approximate surface area is 125 Å². The maximum absolute atomic E-state index is 12.5. The molecule has 0 bridgehead atoms. The number of hydrogen-bond acceptors (Lipinski definition) is 4. The van der Waals surface area contributed by atoms with Crippen LogP contribution in [0.1, 0.15) is 5.56 Å². The lowest BCUT2D eigenvalue weighted by Gasteiger charge is -2.20. The number of methoxy groups -OCH3 is 1. The van der Waals surface area contributed by atoms with Gasteiger partial charge in [-0.1, -0.05) is 18.2 Å². The van der Waals surface area contributed by atoms with Gasteiger partial charge in [0.05, 0.1) is 18.6 Å². The van der Waals surface area contributed by atoms with Crippen molar-refractivity contribution in [2.24, 2.45) is 0 Å². The number of anilines is 2. The molecule has 112 valence electrons. The van der Waals surface area contributed by atoms with Crippen LogP contribution in [-0.2, 0) is 15.8 Å². The molecule has 0 fully saturated rings. The van der Waals surface area contributed by atoms with Crippen molar-refractivity contribution >= 4 is 21.4 Å². The Kier molecular flexibility index (Phi) is 4.37. The molecular weight excluding hydrogens is 288 g/mol. The first kappa shape index (κ1) is 15.2. The Morgan fingerprint density at radius 3 is 2.52 bits per heavy atom. The summed E-state index contributed by atoms with van der Waals surface area (Å²) in [5, 5.41) is 0. The second-order valence-corrected chi connectivity index (χ2v) is 6.67. The molecule has 0 unspecified atom stereocenters. The summed E-state index contributed by atoms with van der Waals surface area (Å²) < 4.78 is 31.3. The Balaban J connectivity index is 2.26. The van der Waals surface area contributed by atoms with Crippen LogP contribution >= 0.6 is 0 Å². The Bertz CT molecular complexity index is 729. The van der Waals surface area contributed by atoms with E-state index in [1.165, 1.54) is 11.4 Å². The number of benzene rings is 2. The van der Waals surface area contributed by atoms with Gasteiger partial charge in [-0.25, -0.2) is 8.42 Å². The molecule has 0 aliphatic heterocycles. The summed E-state index contributed by atoms with van der Waals surface area (Å²) in [6.45, 7) is 0. The Morgan fingerprint density at radius 2 is 1.86 bits per heavy atom. The molecule has 0 saturated heterocycles. The van der Waals surface area contributed by atoms with Gasteiger partial charge in [-0.2, -0.15) is 0 Å². The van der Waals surface area contributed by atoms with Crippen molar-refractivity contribution in [3.05, 3.63) is 54.1 Å². The molecule has 0 atom stereocenters. The van der Waals surface area contributed by atoms with Crippen molar-refractivity contribution in [2.45, 2.75) is 5.75 Å². The van der Waals surface area contributed by atoms with Crippen molar-refractivity contribution in [2.75, 3.05) is 24.2 Å². The van der Waals surface area contributed by atoms with E-state index in [0.29, 0.717) is 22.7 Å². The summed E-state index contributed by atoms with van der Waals surface area (Å²) in [6.07, 6.45) is 0. The predicted octanol–water partition coefficient (Wildman–Crippen LogP) is 2.24. The first-order chi connectivity index (χ1) is 9.92. The van der Waals surface area contributed by atoms with E-state index < -0.39 is 10.0 Å². The van der Waals surface area contributed by atoms with Crippen LogP contribution in [0.15, 0.2) is 48.5 Å². The Hall–Kier alpha value is -2.21. The van der Waals surface area contributed by atoms with Gasteiger partial charge in [-0.05, 0) is 29.8 Å². The molecule has 6 heteroatoms. The third-order valence-electron chi connectivity index (χ3n) is 3.13. The van der Waals surface area contributed by atoms with Crippen LogP contribution in [0.5, 0.6) is 5.75 Å². The van der Waals surface area contributed by atoms with Crippen LogP contribution in [-0.4, -0.2) is 22.6 Å².